The Morgan fingerprint density at radius 2 is 1.63 bits per heavy atom. The Hall–Kier alpha value is -1.06. The van der Waals surface area contributed by atoms with E-state index in [4.69, 9.17) is 0 Å². The Morgan fingerprint density at radius 1 is 1.00 bits per heavy atom. The van der Waals surface area contributed by atoms with Crippen LogP contribution >= 0.6 is 0 Å². The minimum atomic E-state index is 0.0145. The van der Waals surface area contributed by atoms with Crippen LogP contribution in [0, 0.1) is 5.92 Å². The predicted molar refractivity (Wildman–Crippen MR) is 74.6 cm³/mol. The molecule has 0 saturated carbocycles. The second-order valence-electron chi connectivity index (χ2n) is 6.18. The maximum absolute atomic E-state index is 12.7. The maximum atomic E-state index is 12.7. The summed E-state index contributed by atoms with van der Waals surface area (Å²) in [5.41, 5.74) is 0. The van der Waals surface area contributed by atoms with Gasteiger partial charge in [0.05, 0.1) is 5.92 Å². The summed E-state index contributed by atoms with van der Waals surface area (Å²) >= 11 is 0. The highest BCUT2D eigenvalue weighted by molar-refractivity contribution is 5.81. The number of rotatable bonds is 1. The lowest BCUT2D eigenvalue weighted by Gasteiger charge is -2.42. The van der Waals surface area contributed by atoms with Gasteiger partial charge in [0.1, 0.15) is 0 Å². The van der Waals surface area contributed by atoms with Crippen molar-refractivity contribution >= 4 is 11.8 Å². The van der Waals surface area contributed by atoms with E-state index < -0.39 is 0 Å². The third-order valence-electron chi connectivity index (χ3n) is 4.66. The molecule has 0 aromatic carbocycles. The first-order valence-electron chi connectivity index (χ1n) is 7.58. The molecule has 0 bridgehead atoms. The number of nitrogens with zero attached hydrogens (tertiary/aromatic N) is 2. The molecule has 3 atom stereocenters. The Kier molecular flexibility index (Phi) is 4.48. The number of likely N-dealkylation sites (tertiary alicyclic amines) is 2. The van der Waals surface area contributed by atoms with E-state index in [1.54, 1.807) is 6.92 Å². The van der Waals surface area contributed by atoms with Crippen LogP contribution in [0.4, 0.5) is 0 Å². The van der Waals surface area contributed by atoms with E-state index in [1.165, 1.54) is 6.42 Å². The Morgan fingerprint density at radius 3 is 2.21 bits per heavy atom. The molecular weight excluding hydrogens is 240 g/mol. The lowest BCUT2D eigenvalue weighted by molar-refractivity contribution is -0.145. The van der Waals surface area contributed by atoms with Gasteiger partial charge in [-0.1, -0.05) is 0 Å². The van der Waals surface area contributed by atoms with Crippen molar-refractivity contribution in [3.8, 4) is 0 Å². The van der Waals surface area contributed by atoms with E-state index in [9.17, 15) is 9.59 Å². The molecule has 0 N–H and O–H groups in total. The fourth-order valence-electron chi connectivity index (χ4n) is 3.53. The van der Waals surface area contributed by atoms with Crippen LogP contribution in [0.3, 0.4) is 0 Å². The van der Waals surface area contributed by atoms with Crippen LogP contribution in [0.15, 0.2) is 0 Å². The summed E-state index contributed by atoms with van der Waals surface area (Å²) in [5, 5.41) is 0. The Bertz CT molecular complexity index is 346. The van der Waals surface area contributed by atoms with Crippen molar-refractivity contribution in [2.24, 2.45) is 5.92 Å². The highest BCUT2D eigenvalue weighted by atomic mass is 16.2. The van der Waals surface area contributed by atoms with Gasteiger partial charge in [0.2, 0.25) is 11.8 Å². The number of hydrogen-bond donors (Lipinski definition) is 0. The van der Waals surface area contributed by atoms with Gasteiger partial charge in [0, 0.05) is 32.1 Å². The molecule has 19 heavy (non-hydrogen) atoms. The largest absolute Gasteiger partial charge is 0.342 e. The molecule has 2 aliphatic rings. The molecule has 2 fully saturated rings. The summed E-state index contributed by atoms with van der Waals surface area (Å²) in [6.07, 6.45) is 5.32. The Balaban J connectivity index is 2.03. The lowest BCUT2D eigenvalue weighted by Crippen LogP contribution is -2.53. The van der Waals surface area contributed by atoms with Crippen molar-refractivity contribution in [3.63, 3.8) is 0 Å². The van der Waals surface area contributed by atoms with Crippen molar-refractivity contribution in [1.29, 1.82) is 0 Å². The first-order valence-corrected chi connectivity index (χ1v) is 7.58. The van der Waals surface area contributed by atoms with Crippen molar-refractivity contribution in [3.05, 3.63) is 0 Å². The summed E-state index contributed by atoms with van der Waals surface area (Å²) < 4.78 is 0. The second-order valence-corrected chi connectivity index (χ2v) is 6.18. The van der Waals surface area contributed by atoms with Gasteiger partial charge in [0.25, 0.3) is 0 Å². The average Bonchev–Trinajstić information content (AvgIpc) is 2.38. The fraction of sp³-hybridized carbons (Fsp3) is 0.867. The number of hydrogen-bond acceptors (Lipinski definition) is 2. The van der Waals surface area contributed by atoms with E-state index >= 15 is 0 Å². The minimum Gasteiger partial charge on any atom is -0.342 e. The van der Waals surface area contributed by atoms with Gasteiger partial charge in [-0.25, -0.2) is 0 Å². The fourth-order valence-corrected chi connectivity index (χ4v) is 3.53. The predicted octanol–water partition coefficient (Wildman–Crippen LogP) is 2.03. The molecule has 2 amide bonds. The van der Waals surface area contributed by atoms with E-state index in [1.807, 2.05) is 4.90 Å². The lowest BCUT2D eigenvalue weighted by atomic mass is 9.91. The third-order valence-corrected chi connectivity index (χ3v) is 4.66. The molecule has 0 radical (unpaired) electrons. The van der Waals surface area contributed by atoms with E-state index in [0.29, 0.717) is 18.6 Å². The van der Waals surface area contributed by atoms with Crippen LogP contribution in [-0.2, 0) is 9.59 Å². The van der Waals surface area contributed by atoms with Gasteiger partial charge >= 0.3 is 0 Å². The SMILES string of the molecule is CC(=O)N1CCCC(C(=O)N2C(C)CCCC2C)C1. The summed E-state index contributed by atoms with van der Waals surface area (Å²) in [5.74, 6) is 0.378. The van der Waals surface area contributed by atoms with Crippen LogP contribution in [0.5, 0.6) is 0 Å². The van der Waals surface area contributed by atoms with E-state index in [2.05, 4.69) is 18.7 Å². The number of amides is 2. The molecular formula is C15H26N2O2. The standard InChI is InChI=1S/C15H26N2O2/c1-11-6-4-7-12(2)17(11)15(19)14-8-5-9-16(10-14)13(3)18/h11-12,14H,4-10H2,1-3H3. The normalized spacial score (nSPS) is 32.3. The molecule has 4 nitrogen and oxygen atoms in total. The number of piperidine rings is 2. The maximum Gasteiger partial charge on any atom is 0.227 e. The van der Waals surface area contributed by atoms with Crippen LogP contribution in [-0.4, -0.2) is 46.8 Å². The molecule has 0 aliphatic carbocycles. The number of carbonyl (C=O) groups excluding carboxylic acids is 2. The zero-order valence-electron chi connectivity index (χ0n) is 12.4. The highest BCUT2D eigenvalue weighted by Crippen LogP contribution is 2.27. The Labute approximate surface area is 116 Å². The monoisotopic (exact) mass is 266 g/mol. The zero-order chi connectivity index (χ0) is 14.0. The molecule has 4 heteroatoms. The minimum absolute atomic E-state index is 0.0145. The third kappa shape index (κ3) is 3.10. The summed E-state index contributed by atoms with van der Waals surface area (Å²) in [6.45, 7) is 7.32. The highest BCUT2D eigenvalue weighted by Gasteiger charge is 2.35. The van der Waals surface area contributed by atoms with Gasteiger partial charge < -0.3 is 9.80 Å². The zero-order valence-corrected chi connectivity index (χ0v) is 12.4. The topological polar surface area (TPSA) is 40.6 Å². The van der Waals surface area contributed by atoms with Crippen LogP contribution < -0.4 is 0 Å². The molecule has 0 aromatic rings. The summed E-state index contributed by atoms with van der Waals surface area (Å²) in [6, 6.07) is 0.702. The van der Waals surface area contributed by atoms with Crippen molar-refractivity contribution in [2.75, 3.05) is 13.1 Å². The smallest absolute Gasteiger partial charge is 0.227 e. The summed E-state index contributed by atoms with van der Waals surface area (Å²) in [7, 11) is 0. The van der Waals surface area contributed by atoms with Gasteiger partial charge in [-0.15, -0.1) is 0 Å². The first-order chi connectivity index (χ1) is 9.00. The van der Waals surface area contributed by atoms with Crippen LogP contribution in [0.2, 0.25) is 0 Å². The second kappa shape index (κ2) is 5.93. The quantitative estimate of drug-likeness (QED) is 0.728. The van der Waals surface area contributed by atoms with Gasteiger partial charge in [-0.3, -0.25) is 9.59 Å². The molecule has 2 rings (SSSR count). The molecule has 2 aliphatic heterocycles. The number of carbonyl (C=O) groups is 2. The van der Waals surface area contributed by atoms with Crippen molar-refractivity contribution in [2.45, 2.75) is 65.0 Å². The van der Waals surface area contributed by atoms with Gasteiger partial charge in [-0.05, 0) is 46.0 Å². The van der Waals surface area contributed by atoms with Gasteiger partial charge in [-0.2, -0.15) is 0 Å². The van der Waals surface area contributed by atoms with Crippen molar-refractivity contribution < 1.29 is 9.59 Å². The van der Waals surface area contributed by atoms with E-state index in [-0.39, 0.29) is 17.7 Å². The molecule has 2 heterocycles. The van der Waals surface area contributed by atoms with Crippen LogP contribution in [0.25, 0.3) is 0 Å². The van der Waals surface area contributed by atoms with Crippen molar-refractivity contribution in [1.82, 2.24) is 9.80 Å². The molecule has 3 unspecified atom stereocenters. The molecule has 108 valence electrons. The molecule has 0 spiro atoms. The van der Waals surface area contributed by atoms with E-state index in [0.717, 1.165) is 32.2 Å². The van der Waals surface area contributed by atoms with Gasteiger partial charge in [0.15, 0.2) is 0 Å². The van der Waals surface area contributed by atoms with Crippen LogP contribution in [0.1, 0.15) is 52.9 Å². The summed E-state index contributed by atoms with van der Waals surface area (Å²) in [4.78, 5) is 28.1. The first kappa shape index (κ1) is 14.4. The average molecular weight is 266 g/mol. The molecule has 0 aromatic heterocycles. The molecule has 2 saturated heterocycles.